The van der Waals surface area contributed by atoms with Crippen molar-refractivity contribution in [2.45, 2.75) is 6.42 Å². The molecule has 0 radical (unpaired) electrons. The summed E-state index contributed by atoms with van der Waals surface area (Å²) in [6.45, 7) is 0. The van der Waals surface area contributed by atoms with Crippen LogP contribution in [0.15, 0.2) is 95.1 Å². The number of hydrogen-bond donors (Lipinski definition) is 0. The van der Waals surface area contributed by atoms with E-state index >= 15 is 0 Å². The largest absolute Gasteiger partial charge is 0.154 e. The summed E-state index contributed by atoms with van der Waals surface area (Å²) in [4.78, 5) is 0. The number of nitrogens with zero attached hydrogens (tertiary/aromatic N) is 2. The maximum atomic E-state index is 4.53. The first kappa shape index (κ1) is 14.1. The van der Waals surface area contributed by atoms with Crippen LogP contribution >= 0.6 is 0 Å². The van der Waals surface area contributed by atoms with Gasteiger partial charge in [-0.05, 0) is 21.5 Å². The summed E-state index contributed by atoms with van der Waals surface area (Å²) in [7, 11) is 0. The first-order valence-electron chi connectivity index (χ1n) is 8.50. The highest BCUT2D eigenvalue weighted by Gasteiger charge is 2.19. The van der Waals surface area contributed by atoms with E-state index in [9.17, 15) is 0 Å². The normalized spacial score (nSPS) is 13.9. The Kier molecular flexibility index (Phi) is 3.20. The van der Waals surface area contributed by atoms with Crippen LogP contribution < -0.4 is 0 Å². The van der Waals surface area contributed by atoms with E-state index in [2.05, 4.69) is 95.1 Å². The molecule has 0 unspecified atom stereocenters. The Balaban J connectivity index is 1.55. The van der Waals surface area contributed by atoms with Crippen molar-refractivity contribution >= 4 is 33.0 Å². The van der Waals surface area contributed by atoms with Crippen LogP contribution in [-0.4, -0.2) is 11.4 Å². The molecule has 0 amide bonds. The molecule has 2 nitrogen and oxygen atoms in total. The maximum Gasteiger partial charge on any atom is 0.0769 e. The lowest BCUT2D eigenvalue weighted by Crippen LogP contribution is -2.06. The fraction of sp³-hybridized carbons (Fsp3) is 0.0435. The van der Waals surface area contributed by atoms with E-state index in [1.54, 1.807) is 0 Å². The van der Waals surface area contributed by atoms with Crippen LogP contribution in [0.2, 0.25) is 0 Å². The molecule has 25 heavy (non-hydrogen) atoms. The fourth-order valence-electron chi connectivity index (χ4n) is 3.60. The number of rotatable bonds is 2. The second-order valence-corrected chi connectivity index (χ2v) is 6.32. The third-order valence-electron chi connectivity index (χ3n) is 4.83. The van der Waals surface area contributed by atoms with Crippen molar-refractivity contribution in [3.05, 3.63) is 96.1 Å². The van der Waals surface area contributed by atoms with Crippen molar-refractivity contribution in [1.29, 1.82) is 0 Å². The molecule has 1 heterocycles. The lowest BCUT2D eigenvalue weighted by molar-refractivity contribution is 1.27. The van der Waals surface area contributed by atoms with Gasteiger partial charge in [0.2, 0.25) is 0 Å². The zero-order valence-corrected chi connectivity index (χ0v) is 13.7. The quantitative estimate of drug-likeness (QED) is 0.460. The van der Waals surface area contributed by atoms with Crippen LogP contribution in [0.25, 0.3) is 21.5 Å². The Morgan fingerprint density at radius 1 is 0.480 bits per heavy atom. The van der Waals surface area contributed by atoms with E-state index in [0.717, 1.165) is 17.8 Å². The van der Waals surface area contributed by atoms with Gasteiger partial charge in [0.25, 0.3) is 0 Å². The average Bonchev–Trinajstić information content (AvgIpc) is 3.17. The van der Waals surface area contributed by atoms with Crippen LogP contribution in [-0.2, 0) is 0 Å². The van der Waals surface area contributed by atoms with Gasteiger partial charge in [0.1, 0.15) is 0 Å². The third kappa shape index (κ3) is 2.34. The number of hydrogen-bond acceptors (Lipinski definition) is 2. The summed E-state index contributed by atoms with van der Waals surface area (Å²) in [6, 6.07) is 29.6. The molecular weight excluding hydrogens is 304 g/mol. The predicted octanol–water partition coefficient (Wildman–Crippen LogP) is 5.59. The molecule has 0 atom stereocenters. The molecule has 118 valence electrons. The maximum absolute atomic E-state index is 4.53. The second kappa shape index (κ2) is 5.67. The summed E-state index contributed by atoms with van der Waals surface area (Å²) in [5.41, 5.74) is 4.44. The van der Waals surface area contributed by atoms with Crippen molar-refractivity contribution < 1.29 is 0 Å². The molecule has 1 aliphatic rings. The monoisotopic (exact) mass is 320 g/mol. The van der Waals surface area contributed by atoms with Crippen molar-refractivity contribution in [2.24, 2.45) is 10.2 Å². The standard InChI is InChI=1S/C23H16N2/c1-3-11-18-16(7-1)9-5-13-20(18)22-15-23(25-24-22)21-14-6-10-17-8-2-4-12-19(17)21/h1-14H,15H2. The molecule has 4 aromatic rings. The van der Waals surface area contributed by atoms with Crippen LogP contribution in [0.3, 0.4) is 0 Å². The molecule has 5 rings (SSSR count). The second-order valence-electron chi connectivity index (χ2n) is 6.32. The van der Waals surface area contributed by atoms with Gasteiger partial charge in [0.15, 0.2) is 0 Å². The SMILES string of the molecule is c1ccc2c(C3=NN=C(c4cccc5ccccc45)C3)cccc2c1. The Hall–Kier alpha value is -3.26. The molecule has 0 aliphatic carbocycles. The summed E-state index contributed by atoms with van der Waals surface area (Å²) in [5.74, 6) is 0. The molecule has 0 N–H and O–H groups in total. The smallest absolute Gasteiger partial charge is 0.0769 e. The minimum absolute atomic E-state index is 0.766. The first-order valence-corrected chi connectivity index (χ1v) is 8.50. The summed E-state index contributed by atoms with van der Waals surface area (Å²) in [5, 5.41) is 14.0. The van der Waals surface area contributed by atoms with E-state index in [0.29, 0.717) is 0 Å². The molecule has 0 saturated heterocycles. The van der Waals surface area contributed by atoms with Crippen molar-refractivity contribution in [3.63, 3.8) is 0 Å². The topological polar surface area (TPSA) is 24.7 Å². The van der Waals surface area contributed by atoms with Gasteiger partial charge in [-0.25, -0.2) is 0 Å². The molecule has 4 aromatic carbocycles. The highest BCUT2D eigenvalue weighted by Crippen LogP contribution is 2.26. The Morgan fingerprint density at radius 2 is 0.920 bits per heavy atom. The van der Waals surface area contributed by atoms with Crippen molar-refractivity contribution in [2.75, 3.05) is 0 Å². The zero-order chi connectivity index (χ0) is 16.6. The minimum atomic E-state index is 0.766. The molecule has 2 heteroatoms. The zero-order valence-electron chi connectivity index (χ0n) is 13.7. The van der Waals surface area contributed by atoms with Gasteiger partial charge < -0.3 is 0 Å². The van der Waals surface area contributed by atoms with Gasteiger partial charge in [-0.2, -0.15) is 10.2 Å². The Morgan fingerprint density at radius 3 is 1.44 bits per heavy atom. The summed E-state index contributed by atoms with van der Waals surface area (Å²) >= 11 is 0. The van der Waals surface area contributed by atoms with E-state index in [1.807, 2.05) is 0 Å². The fourth-order valence-corrected chi connectivity index (χ4v) is 3.60. The summed E-state index contributed by atoms with van der Waals surface area (Å²) < 4.78 is 0. The van der Waals surface area contributed by atoms with Gasteiger partial charge in [0.05, 0.1) is 11.4 Å². The van der Waals surface area contributed by atoms with Gasteiger partial charge in [0, 0.05) is 17.5 Å². The molecule has 0 saturated carbocycles. The summed E-state index contributed by atoms with van der Waals surface area (Å²) in [6.07, 6.45) is 0.766. The molecule has 0 bridgehead atoms. The van der Waals surface area contributed by atoms with Crippen molar-refractivity contribution in [3.8, 4) is 0 Å². The molecule has 0 spiro atoms. The van der Waals surface area contributed by atoms with E-state index in [4.69, 9.17) is 0 Å². The Bertz CT molecular complexity index is 1070. The number of fused-ring (bicyclic) bond motifs is 2. The van der Waals surface area contributed by atoms with Crippen molar-refractivity contribution in [1.82, 2.24) is 0 Å². The van der Waals surface area contributed by atoms with Crippen LogP contribution in [0.5, 0.6) is 0 Å². The average molecular weight is 320 g/mol. The van der Waals surface area contributed by atoms with Gasteiger partial charge >= 0.3 is 0 Å². The van der Waals surface area contributed by atoms with E-state index in [-0.39, 0.29) is 0 Å². The molecule has 0 aromatic heterocycles. The Labute approximate surface area is 146 Å². The van der Waals surface area contributed by atoms with Gasteiger partial charge in [-0.3, -0.25) is 0 Å². The lowest BCUT2D eigenvalue weighted by atomic mass is 9.94. The molecular formula is C23H16N2. The van der Waals surface area contributed by atoms with Crippen LogP contribution in [0.1, 0.15) is 17.5 Å². The van der Waals surface area contributed by atoms with Gasteiger partial charge in [-0.1, -0.05) is 84.9 Å². The first-order chi connectivity index (χ1) is 12.4. The predicted molar refractivity (Wildman–Crippen MR) is 106 cm³/mol. The highest BCUT2D eigenvalue weighted by atomic mass is 15.2. The molecule has 1 aliphatic heterocycles. The molecule has 0 fully saturated rings. The highest BCUT2D eigenvalue weighted by molar-refractivity contribution is 6.26. The lowest BCUT2D eigenvalue weighted by Gasteiger charge is -2.08. The van der Waals surface area contributed by atoms with Crippen LogP contribution in [0.4, 0.5) is 0 Å². The van der Waals surface area contributed by atoms with Gasteiger partial charge in [-0.15, -0.1) is 0 Å². The van der Waals surface area contributed by atoms with Crippen LogP contribution in [0, 0.1) is 0 Å². The minimum Gasteiger partial charge on any atom is -0.154 e. The third-order valence-corrected chi connectivity index (χ3v) is 4.83. The van der Waals surface area contributed by atoms with E-state index in [1.165, 1.54) is 32.7 Å². The van der Waals surface area contributed by atoms with E-state index < -0.39 is 0 Å². The number of benzene rings is 4.